The van der Waals surface area contributed by atoms with Crippen LogP contribution in [0.5, 0.6) is 5.75 Å². The number of fused-ring (bicyclic) bond motifs is 1. The maximum atomic E-state index is 5.86. The Kier molecular flexibility index (Phi) is 2.17. The molecule has 0 radical (unpaired) electrons. The summed E-state index contributed by atoms with van der Waals surface area (Å²) in [5, 5.41) is 7.94. The Morgan fingerprint density at radius 3 is 2.69 bits per heavy atom. The van der Waals surface area contributed by atoms with E-state index in [-0.39, 0.29) is 5.15 Å². The molecule has 1 aliphatic rings. The summed E-state index contributed by atoms with van der Waals surface area (Å²) >= 11 is 11.7. The van der Waals surface area contributed by atoms with E-state index in [2.05, 4.69) is 10.2 Å². The molecular formula is C7H7Cl2N3O. The number of ether oxygens (including phenoxy) is 1. The molecule has 0 spiro atoms. The first-order valence-electron chi connectivity index (χ1n) is 3.76. The predicted octanol–water partition coefficient (Wildman–Crippen LogP) is 1.61. The Balaban J connectivity index is 2.60. The minimum absolute atomic E-state index is 0.256. The zero-order valence-corrected chi connectivity index (χ0v) is 8.43. The van der Waals surface area contributed by atoms with Crippen LogP contribution in [0.3, 0.4) is 0 Å². The predicted molar refractivity (Wildman–Crippen MR) is 50.8 cm³/mol. The van der Waals surface area contributed by atoms with Crippen molar-refractivity contribution in [2.24, 2.45) is 0 Å². The SMILES string of the molecule is CN1CCOc2c(Cl)nnc(Cl)c21. The molecule has 0 bridgehead atoms. The molecule has 70 valence electrons. The third-order valence-corrected chi connectivity index (χ3v) is 2.38. The average Bonchev–Trinajstić information content (AvgIpc) is 2.12. The summed E-state index contributed by atoms with van der Waals surface area (Å²) in [6.07, 6.45) is 0. The summed E-state index contributed by atoms with van der Waals surface area (Å²) in [5.74, 6) is 0.524. The summed E-state index contributed by atoms with van der Waals surface area (Å²) < 4.78 is 5.34. The molecular weight excluding hydrogens is 213 g/mol. The molecule has 1 aromatic heterocycles. The first-order chi connectivity index (χ1) is 6.20. The standard InChI is InChI=1S/C7H7Cl2N3O/c1-12-2-3-13-5-4(12)6(8)10-11-7(5)9/h2-3H2,1H3. The van der Waals surface area contributed by atoms with Gasteiger partial charge in [0.05, 0.1) is 6.54 Å². The van der Waals surface area contributed by atoms with Crippen molar-refractivity contribution in [2.45, 2.75) is 0 Å². The van der Waals surface area contributed by atoms with Crippen molar-refractivity contribution in [1.82, 2.24) is 10.2 Å². The van der Waals surface area contributed by atoms with Gasteiger partial charge in [-0.1, -0.05) is 23.2 Å². The topological polar surface area (TPSA) is 38.2 Å². The van der Waals surface area contributed by atoms with Crippen molar-refractivity contribution < 1.29 is 4.74 Å². The molecule has 0 aliphatic carbocycles. The second-order valence-corrected chi connectivity index (χ2v) is 3.45. The lowest BCUT2D eigenvalue weighted by Gasteiger charge is -2.27. The fourth-order valence-corrected chi connectivity index (χ4v) is 1.68. The maximum absolute atomic E-state index is 5.86. The third-order valence-electron chi connectivity index (χ3n) is 1.88. The Morgan fingerprint density at radius 2 is 2.00 bits per heavy atom. The van der Waals surface area contributed by atoms with Crippen LogP contribution in [0.25, 0.3) is 0 Å². The number of anilines is 1. The summed E-state index contributed by atoms with van der Waals surface area (Å²) in [6, 6.07) is 0. The molecule has 1 aliphatic heterocycles. The molecule has 2 heterocycles. The third kappa shape index (κ3) is 1.40. The minimum atomic E-state index is 0.256. The zero-order valence-electron chi connectivity index (χ0n) is 6.92. The number of aromatic nitrogens is 2. The molecule has 0 fully saturated rings. The van der Waals surface area contributed by atoms with Crippen LogP contribution in [0.2, 0.25) is 10.3 Å². The van der Waals surface area contributed by atoms with Gasteiger partial charge in [0, 0.05) is 7.05 Å². The summed E-state index contributed by atoms with van der Waals surface area (Å²) in [7, 11) is 1.91. The lowest BCUT2D eigenvalue weighted by atomic mass is 10.3. The van der Waals surface area contributed by atoms with E-state index in [1.165, 1.54) is 0 Å². The second-order valence-electron chi connectivity index (χ2n) is 2.73. The molecule has 6 heteroatoms. The number of likely N-dealkylation sites (N-methyl/N-ethyl adjacent to an activating group) is 1. The molecule has 0 saturated heterocycles. The molecule has 1 aromatic rings. The average molecular weight is 220 g/mol. The lowest BCUT2D eigenvalue weighted by Crippen LogP contribution is -2.29. The van der Waals surface area contributed by atoms with Gasteiger partial charge in [-0.15, -0.1) is 10.2 Å². The van der Waals surface area contributed by atoms with Crippen LogP contribution in [-0.2, 0) is 0 Å². The summed E-state index contributed by atoms with van der Waals surface area (Å²) in [4.78, 5) is 1.95. The molecule has 0 aromatic carbocycles. The molecule has 4 nitrogen and oxygen atoms in total. The van der Waals surface area contributed by atoms with Gasteiger partial charge in [-0.3, -0.25) is 0 Å². The van der Waals surface area contributed by atoms with Gasteiger partial charge in [-0.05, 0) is 0 Å². The van der Waals surface area contributed by atoms with Crippen LogP contribution in [0, 0.1) is 0 Å². The van der Waals surface area contributed by atoms with Crippen molar-refractivity contribution in [2.75, 3.05) is 25.1 Å². The normalized spacial score (nSPS) is 15.2. The second kappa shape index (κ2) is 3.20. The number of rotatable bonds is 0. The fourth-order valence-electron chi connectivity index (χ4n) is 1.23. The van der Waals surface area contributed by atoms with Crippen LogP contribution < -0.4 is 9.64 Å². The van der Waals surface area contributed by atoms with E-state index in [0.717, 1.165) is 6.54 Å². The Morgan fingerprint density at radius 1 is 1.31 bits per heavy atom. The number of nitrogens with zero attached hydrogens (tertiary/aromatic N) is 3. The highest BCUT2D eigenvalue weighted by molar-refractivity contribution is 6.34. The molecule has 0 N–H and O–H groups in total. The van der Waals surface area contributed by atoms with Crippen LogP contribution >= 0.6 is 23.2 Å². The van der Waals surface area contributed by atoms with E-state index in [1.54, 1.807) is 0 Å². The molecule has 0 atom stereocenters. The van der Waals surface area contributed by atoms with E-state index >= 15 is 0 Å². The Bertz CT molecular complexity index is 345. The monoisotopic (exact) mass is 219 g/mol. The van der Waals surface area contributed by atoms with Crippen molar-refractivity contribution >= 4 is 28.9 Å². The quantitative estimate of drug-likeness (QED) is 0.665. The van der Waals surface area contributed by atoms with Gasteiger partial charge in [0.2, 0.25) is 0 Å². The first kappa shape index (κ1) is 8.84. The molecule has 0 amide bonds. The number of hydrogen-bond acceptors (Lipinski definition) is 4. The zero-order chi connectivity index (χ0) is 9.42. The van der Waals surface area contributed by atoms with Crippen molar-refractivity contribution in [1.29, 1.82) is 0 Å². The number of halogens is 2. The fraction of sp³-hybridized carbons (Fsp3) is 0.429. The Hall–Kier alpha value is -0.740. The van der Waals surface area contributed by atoms with E-state index < -0.39 is 0 Å². The van der Waals surface area contributed by atoms with Gasteiger partial charge in [0.15, 0.2) is 16.1 Å². The van der Waals surface area contributed by atoms with Gasteiger partial charge in [-0.2, -0.15) is 0 Å². The maximum Gasteiger partial charge on any atom is 0.195 e. The molecule has 2 rings (SSSR count). The van der Waals surface area contributed by atoms with E-state index in [1.807, 2.05) is 11.9 Å². The summed E-state index contributed by atoms with van der Waals surface area (Å²) in [5.41, 5.74) is 0.716. The molecule has 13 heavy (non-hydrogen) atoms. The van der Waals surface area contributed by atoms with Crippen molar-refractivity contribution in [3.8, 4) is 5.75 Å². The van der Waals surface area contributed by atoms with Crippen LogP contribution in [0.15, 0.2) is 0 Å². The highest BCUT2D eigenvalue weighted by Crippen LogP contribution is 2.39. The molecule has 0 unspecified atom stereocenters. The van der Waals surface area contributed by atoms with Gasteiger partial charge < -0.3 is 9.64 Å². The van der Waals surface area contributed by atoms with Crippen molar-refractivity contribution in [3.63, 3.8) is 0 Å². The van der Waals surface area contributed by atoms with Gasteiger partial charge >= 0.3 is 0 Å². The Labute approximate surface area is 85.4 Å². The summed E-state index contributed by atoms with van der Waals surface area (Å²) in [6.45, 7) is 1.36. The number of hydrogen-bond donors (Lipinski definition) is 0. The highest BCUT2D eigenvalue weighted by atomic mass is 35.5. The highest BCUT2D eigenvalue weighted by Gasteiger charge is 2.22. The lowest BCUT2D eigenvalue weighted by molar-refractivity contribution is 0.309. The van der Waals surface area contributed by atoms with Crippen LogP contribution in [-0.4, -0.2) is 30.4 Å². The van der Waals surface area contributed by atoms with Gasteiger partial charge in [0.1, 0.15) is 12.3 Å². The van der Waals surface area contributed by atoms with Crippen LogP contribution in [0.4, 0.5) is 5.69 Å². The molecule has 0 saturated carbocycles. The van der Waals surface area contributed by atoms with E-state index in [0.29, 0.717) is 23.2 Å². The van der Waals surface area contributed by atoms with E-state index in [4.69, 9.17) is 27.9 Å². The van der Waals surface area contributed by atoms with Crippen LogP contribution in [0.1, 0.15) is 0 Å². The smallest absolute Gasteiger partial charge is 0.195 e. The van der Waals surface area contributed by atoms with Gasteiger partial charge in [-0.25, -0.2) is 0 Å². The van der Waals surface area contributed by atoms with Gasteiger partial charge in [0.25, 0.3) is 0 Å². The minimum Gasteiger partial charge on any atom is -0.486 e. The van der Waals surface area contributed by atoms with E-state index in [9.17, 15) is 0 Å². The first-order valence-corrected chi connectivity index (χ1v) is 4.51. The van der Waals surface area contributed by atoms with Crippen molar-refractivity contribution in [3.05, 3.63) is 10.3 Å². The largest absolute Gasteiger partial charge is 0.486 e.